The van der Waals surface area contributed by atoms with E-state index in [-0.39, 0.29) is 17.2 Å². The molecule has 0 bridgehead atoms. The number of rotatable bonds is 5. The fourth-order valence-electron chi connectivity index (χ4n) is 2.21. The molecule has 0 spiro atoms. The second-order valence-electron chi connectivity index (χ2n) is 5.79. The van der Waals surface area contributed by atoms with Crippen LogP contribution in [-0.2, 0) is 4.79 Å². The van der Waals surface area contributed by atoms with Crippen molar-refractivity contribution in [1.82, 2.24) is 15.5 Å². The number of hydrogen-bond donors (Lipinski definition) is 2. The molecule has 1 unspecified atom stereocenters. The van der Waals surface area contributed by atoms with Crippen molar-refractivity contribution in [3.8, 4) is 0 Å². The molecule has 1 saturated heterocycles. The molecule has 1 fully saturated rings. The first-order valence-corrected chi connectivity index (χ1v) is 6.58. The Hall–Kier alpha value is -0.610. The van der Waals surface area contributed by atoms with Gasteiger partial charge < -0.3 is 15.5 Å². The van der Waals surface area contributed by atoms with E-state index < -0.39 is 0 Å². The first-order chi connectivity index (χ1) is 7.97. The van der Waals surface area contributed by atoms with Gasteiger partial charge in [-0.3, -0.25) is 4.79 Å². The van der Waals surface area contributed by atoms with E-state index >= 15 is 0 Å². The number of piperidine rings is 1. The van der Waals surface area contributed by atoms with E-state index in [4.69, 9.17) is 0 Å². The lowest BCUT2D eigenvalue weighted by atomic mass is 9.80. The van der Waals surface area contributed by atoms with E-state index in [1.54, 1.807) is 0 Å². The van der Waals surface area contributed by atoms with E-state index in [2.05, 4.69) is 29.5 Å². The Morgan fingerprint density at radius 1 is 1.41 bits per heavy atom. The molecule has 0 aromatic rings. The second kappa shape index (κ2) is 6.36. The highest BCUT2D eigenvalue weighted by atomic mass is 16.1. The first kappa shape index (κ1) is 14.5. The molecule has 1 amide bonds. The van der Waals surface area contributed by atoms with Crippen molar-refractivity contribution in [3.05, 3.63) is 0 Å². The average Bonchev–Trinajstić information content (AvgIpc) is 2.31. The highest BCUT2D eigenvalue weighted by Gasteiger charge is 2.29. The van der Waals surface area contributed by atoms with Gasteiger partial charge in [0.15, 0.2) is 0 Å². The lowest BCUT2D eigenvalue weighted by molar-refractivity contribution is -0.125. The molecule has 1 atom stereocenters. The van der Waals surface area contributed by atoms with Crippen LogP contribution in [-0.4, -0.2) is 51.1 Å². The summed E-state index contributed by atoms with van der Waals surface area (Å²) in [5, 5.41) is 6.13. The van der Waals surface area contributed by atoms with Gasteiger partial charge in [0, 0.05) is 19.0 Å². The lowest BCUT2D eigenvalue weighted by Crippen LogP contribution is -2.45. The van der Waals surface area contributed by atoms with Crippen LogP contribution in [0.3, 0.4) is 0 Å². The molecule has 1 aliphatic rings. The Labute approximate surface area is 105 Å². The predicted molar refractivity (Wildman–Crippen MR) is 70.9 cm³/mol. The van der Waals surface area contributed by atoms with Crippen LogP contribution < -0.4 is 10.6 Å². The molecule has 0 aromatic carbocycles. The SMILES string of the molecule is CNCC(C)C(=O)NCC1(C)CCN(C)CC1. The number of amides is 1. The molecule has 4 nitrogen and oxygen atoms in total. The molecule has 1 heterocycles. The molecule has 0 aliphatic carbocycles. The second-order valence-corrected chi connectivity index (χ2v) is 5.79. The van der Waals surface area contributed by atoms with Crippen LogP contribution in [0.2, 0.25) is 0 Å². The summed E-state index contributed by atoms with van der Waals surface area (Å²) in [7, 11) is 4.04. The summed E-state index contributed by atoms with van der Waals surface area (Å²) < 4.78 is 0. The summed E-state index contributed by atoms with van der Waals surface area (Å²) in [4.78, 5) is 14.2. The molecule has 1 aliphatic heterocycles. The van der Waals surface area contributed by atoms with Crippen molar-refractivity contribution < 1.29 is 4.79 Å². The summed E-state index contributed by atoms with van der Waals surface area (Å²) in [6.45, 7) is 8.07. The third kappa shape index (κ3) is 4.64. The van der Waals surface area contributed by atoms with Crippen LogP contribution in [0.5, 0.6) is 0 Å². The topological polar surface area (TPSA) is 44.4 Å². The number of nitrogens with one attached hydrogen (secondary N) is 2. The zero-order valence-electron chi connectivity index (χ0n) is 11.7. The normalized spacial score (nSPS) is 22.1. The third-order valence-corrected chi connectivity index (χ3v) is 3.84. The van der Waals surface area contributed by atoms with Gasteiger partial charge in [0.2, 0.25) is 5.91 Å². The smallest absolute Gasteiger partial charge is 0.224 e. The lowest BCUT2D eigenvalue weighted by Gasteiger charge is -2.38. The van der Waals surface area contributed by atoms with Gasteiger partial charge in [0.25, 0.3) is 0 Å². The molecule has 0 saturated carbocycles. The fraction of sp³-hybridized carbons (Fsp3) is 0.923. The standard InChI is InChI=1S/C13H27N3O/c1-11(9-14-3)12(17)15-10-13(2)5-7-16(4)8-6-13/h11,14H,5-10H2,1-4H3,(H,15,17). The number of likely N-dealkylation sites (tertiary alicyclic amines) is 1. The van der Waals surface area contributed by atoms with Gasteiger partial charge in [-0.15, -0.1) is 0 Å². The van der Waals surface area contributed by atoms with Crippen LogP contribution in [0.4, 0.5) is 0 Å². The highest BCUT2D eigenvalue weighted by Crippen LogP contribution is 2.29. The number of carbonyl (C=O) groups excluding carboxylic acids is 1. The average molecular weight is 241 g/mol. The summed E-state index contributed by atoms with van der Waals surface area (Å²) in [5.74, 6) is 0.217. The zero-order valence-corrected chi connectivity index (χ0v) is 11.7. The van der Waals surface area contributed by atoms with E-state index in [0.717, 1.165) is 26.2 Å². The Bertz CT molecular complexity index is 247. The van der Waals surface area contributed by atoms with E-state index in [1.807, 2.05) is 14.0 Å². The minimum atomic E-state index is 0.0508. The number of carbonyl (C=O) groups is 1. The van der Waals surface area contributed by atoms with Crippen molar-refractivity contribution in [2.45, 2.75) is 26.7 Å². The Balaban J connectivity index is 2.32. The predicted octanol–water partition coefficient (Wildman–Crippen LogP) is 0.690. The Kier molecular flexibility index (Phi) is 5.40. The maximum Gasteiger partial charge on any atom is 0.224 e. The maximum atomic E-state index is 11.8. The molecule has 100 valence electrons. The highest BCUT2D eigenvalue weighted by molar-refractivity contribution is 5.78. The maximum absolute atomic E-state index is 11.8. The van der Waals surface area contributed by atoms with Gasteiger partial charge >= 0.3 is 0 Å². The van der Waals surface area contributed by atoms with E-state index in [0.29, 0.717) is 0 Å². The minimum Gasteiger partial charge on any atom is -0.355 e. The molecule has 1 rings (SSSR count). The molecule has 2 N–H and O–H groups in total. The fourth-order valence-corrected chi connectivity index (χ4v) is 2.21. The summed E-state index contributed by atoms with van der Waals surface area (Å²) in [6.07, 6.45) is 2.34. The van der Waals surface area contributed by atoms with Gasteiger partial charge in [-0.25, -0.2) is 0 Å². The van der Waals surface area contributed by atoms with Crippen LogP contribution in [0.15, 0.2) is 0 Å². The Morgan fingerprint density at radius 3 is 2.53 bits per heavy atom. The van der Waals surface area contributed by atoms with E-state index in [1.165, 1.54) is 12.8 Å². The van der Waals surface area contributed by atoms with Crippen LogP contribution in [0.25, 0.3) is 0 Å². The number of hydrogen-bond acceptors (Lipinski definition) is 3. The van der Waals surface area contributed by atoms with Crippen LogP contribution >= 0.6 is 0 Å². The molecule has 0 aromatic heterocycles. The summed E-state index contributed by atoms with van der Waals surface area (Å²) in [5.41, 5.74) is 0.279. The van der Waals surface area contributed by atoms with Crippen LogP contribution in [0.1, 0.15) is 26.7 Å². The Morgan fingerprint density at radius 2 is 2.00 bits per heavy atom. The summed E-state index contributed by atoms with van der Waals surface area (Å²) >= 11 is 0. The molecule has 0 radical (unpaired) electrons. The molecular formula is C13H27N3O. The quantitative estimate of drug-likeness (QED) is 0.744. The van der Waals surface area contributed by atoms with Gasteiger partial charge in [0.05, 0.1) is 0 Å². The molecule has 17 heavy (non-hydrogen) atoms. The zero-order chi connectivity index (χ0) is 12.9. The third-order valence-electron chi connectivity index (χ3n) is 3.84. The van der Waals surface area contributed by atoms with Crippen molar-refractivity contribution >= 4 is 5.91 Å². The van der Waals surface area contributed by atoms with Gasteiger partial charge in [0.1, 0.15) is 0 Å². The largest absolute Gasteiger partial charge is 0.355 e. The van der Waals surface area contributed by atoms with Crippen molar-refractivity contribution in [2.75, 3.05) is 40.3 Å². The van der Waals surface area contributed by atoms with Crippen molar-refractivity contribution in [2.24, 2.45) is 11.3 Å². The minimum absolute atomic E-state index is 0.0508. The van der Waals surface area contributed by atoms with E-state index in [9.17, 15) is 4.79 Å². The van der Waals surface area contributed by atoms with Crippen molar-refractivity contribution in [3.63, 3.8) is 0 Å². The molecular weight excluding hydrogens is 214 g/mol. The monoisotopic (exact) mass is 241 g/mol. The van der Waals surface area contributed by atoms with Crippen LogP contribution in [0, 0.1) is 11.3 Å². The van der Waals surface area contributed by atoms with Crippen molar-refractivity contribution in [1.29, 1.82) is 0 Å². The van der Waals surface area contributed by atoms with Gasteiger partial charge in [-0.05, 0) is 45.4 Å². The first-order valence-electron chi connectivity index (χ1n) is 6.58. The van der Waals surface area contributed by atoms with Gasteiger partial charge in [-0.2, -0.15) is 0 Å². The molecule has 4 heteroatoms. The van der Waals surface area contributed by atoms with Gasteiger partial charge in [-0.1, -0.05) is 13.8 Å². The number of nitrogens with zero attached hydrogens (tertiary/aromatic N) is 1. The summed E-state index contributed by atoms with van der Waals surface area (Å²) in [6, 6.07) is 0.